The second kappa shape index (κ2) is 9.99. The molecule has 32 heavy (non-hydrogen) atoms. The normalized spacial score (nSPS) is 15.3. The zero-order valence-corrected chi connectivity index (χ0v) is 19.5. The molecule has 0 atom stereocenters. The summed E-state index contributed by atoms with van der Waals surface area (Å²) in [5.74, 6) is -0.634. The number of nitrogens with zero attached hydrogens (tertiary/aromatic N) is 1. The van der Waals surface area contributed by atoms with Crippen molar-refractivity contribution in [3.8, 4) is 5.75 Å². The monoisotopic (exact) mass is 482 g/mol. The number of sulfonamides is 1. The topological polar surface area (TPSA) is 119 Å². The SMILES string of the molecule is CCOc1ccc(NC(=O)c2ccccc2S(=O)(=O)CC)cc1S(=O)(=O)N1CCOCC1. The zero-order chi connectivity index (χ0) is 23.4. The number of amides is 1. The fraction of sp³-hybridized carbons (Fsp3) is 0.381. The molecule has 1 heterocycles. The average Bonchev–Trinajstić information content (AvgIpc) is 2.80. The molecule has 11 heteroatoms. The highest BCUT2D eigenvalue weighted by atomic mass is 32.2. The first kappa shape index (κ1) is 24.2. The number of carbonyl (C=O) groups is 1. The van der Waals surface area contributed by atoms with E-state index < -0.39 is 25.8 Å². The Labute approximate surface area is 188 Å². The van der Waals surface area contributed by atoms with E-state index in [0.717, 1.165) is 0 Å². The maximum atomic E-state index is 13.2. The van der Waals surface area contributed by atoms with Crippen molar-refractivity contribution >= 4 is 31.5 Å². The number of benzene rings is 2. The molecule has 2 aromatic carbocycles. The van der Waals surface area contributed by atoms with E-state index in [0.29, 0.717) is 13.2 Å². The van der Waals surface area contributed by atoms with Gasteiger partial charge in [0.25, 0.3) is 5.91 Å². The first-order valence-corrected chi connectivity index (χ1v) is 13.3. The average molecular weight is 483 g/mol. The van der Waals surface area contributed by atoms with Gasteiger partial charge in [-0.05, 0) is 37.3 Å². The molecule has 0 unspecified atom stereocenters. The Morgan fingerprint density at radius 1 is 1.03 bits per heavy atom. The highest BCUT2D eigenvalue weighted by Gasteiger charge is 2.30. The summed E-state index contributed by atoms with van der Waals surface area (Å²) in [5.41, 5.74) is 0.190. The van der Waals surface area contributed by atoms with Crippen LogP contribution >= 0.6 is 0 Å². The van der Waals surface area contributed by atoms with Crippen molar-refractivity contribution < 1.29 is 31.1 Å². The van der Waals surface area contributed by atoms with Gasteiger partial charge in [0, 0.05) is 18.8 Å². The van der Waals surface area contributed by atoms with Crippen LogP contribution in [0.1, 0.15) is 24.2 Å². The third-order valence-corrected chi connectivity index (χ3v) is 8.64. The van der Waals surface area contributed by atoms with Crippen molar-refractivity contribution in [3.63, 3.8) is 0 Å². The Morgan fingerprint density at radius 3 is 2.38 bits per heavy atom. The van der Waals surface area contributed by atoms with E-state index in [-0.39, 0.29) is 52.2 Å². The van der Waals surface area contributed by atoms with Gasteiger partial charge in [0.05, 0.1) is 36.0 Å². The summed E-state index contributed by atoms with van der Waals surface area (Å²) in [7, 11) is -7.51. The summed E-state index contributed by atoms with van der Waals surface area (Å²) < 4.78 is 63.2. The Kier molecular flexibility index (Phi) is 7.55. The van der Waals surface area contributed by atoms with E-state index in [1.165, 1.54) is 41.6 Å². The Morgan fingerprint density at radius 2 is 1.72 bits per heavy atom. The molecule has 0 bridgehead atoms. The maximum absolute atomic E-state index is 13.2. The van der Waals surface area contributed by atoms with Crippen LogP contribution in [-0.4, -0.2) is 65.7 Å². The molecule has 9 nitrogen and oxygen atoms in total. The Hall–Kier alpha value is -2.47. The van der Waals surface area contributed by atoms with Crippen molar-refractivity contribution in [1.82, 2.24) is 4.31 Å². The molecule has 1 aliphatic heterocycles. The highest BCUT2D eigenvalue weighted by Crippen LogP contribution is 2.31. The third-order valence-electron chi connectivity index (χ3n) is 4.94. The molecule has 1 fully saturated rings. The van der Waals surface area contributed by atoms with Gasteiger partial charge in [-0.25, -0.2) is 16.8 Å². The van der Waals surface area contributed by atoms with E-state index in [1.54, 1.807) is 19.1 Å². The van der Waals surface area contributed by atoms with Gasteiger partial charge in [-0.1, -0.05) is 19.1 Å². The number of rotatable bonds is 8. The van der Waals surface area contributed by atoms with Crippen LogP contribution in [0.4, 0.5) is 5.69 Å². The van der Waals surface area contributed by atoms with Crippen LogP contribution in [0, 0.1) is 0 Å². The van der Waals surface area contributed by atoms with Gasteiger partial charge in [0.2, 0.25) is 10.0 Å². The minimum atomic E-state index is -3.89. The molecule has 1 amide bonds. The number of sulfone groups is 1. The van der Waals surface area contributed by atoms with Crippen LogP contribution in [0.25, 0.3) is 0 Å². The smallest absolute Gasteiger partial charge is 0.256 e. The van der Waals surface area contributed by atoms with Gasteiger partial charge in [-0.15, -0.1) is 0 Å². The van der Waals surface area contributed by atoms with Gasteiger partial charge in [-0.3, -0.25) is 4.79 Å². The quantitative estimate of drug-likeness (QED) is 0.612. The fourth-order valence-electron chi connectivity index (χ4n) is 3.27. The lowest BCUT2D eigenvalue weighted by molar-refractivity contribution is 0.0729. The van der Waals surface area contributed by atoms with E-state index in [9.17, 15) is 21.6 Å². The van der Waals surface area contributed by atoms with Gasteiger partial charge in [-0.2, -0.15) is 4.31 Å². The molecular formula is C21H26N2O7S2. The number of hydrogen-bond acceptors (Lipinski definition) is 7. The van der Waals surface area contributed by atoms with E-state index >= 15 is 0 Å². The fourth-order valence-corrected chi connectivity index (χ4v) is 5.93. The lowest BCUT2D eigenvalue weighted by atomic mass is 10.2. The van der Waals surface area contributed by atoms with Gasteiger partial charge in [0.1, 0.15) is 10.6 Å². The van der Waals surface area contributed by atoms with E-state index in [4.69, 9.17) is 9.47 Å². The molecule has 3 rings (SSSR count). The van der Waals surface area contributed by atoms with Crippen molar-refractivity contribution in [2.45, 2.75) is 23.6 Å². The van der Waals surface area contributed by atoms with Gasteiger partial charge in [0.15, 0.2) is 9.84 Å². The van der Waals surface area contributed by atoms with Crippen LogP contribution in [0.15, 0.2) is 52.3 Å². The van der Waals surface area contributed by atoms with Crippen molar-refractivity contribution in [3.05, 3.63) is 48.0 Å². The lowest BCUT2D eigenvalue weighted by Gasteiger charge is -2.27. The molecule has 0 spiro atoms. The molecule has 0 aliphatic carbocycles. The summed E-state index contributed by atoms with van der Waals surface area (Å²) in [6.45, 7) is 4.52. The zero-order valence-electron chi connectivity index (χ0n) is 17.9. The van der Waals surface area contributed by atoms with Gasteiger partial charge >= 0.3 is 0 Å². The largest absolute Gasteiger partial charge is 0.492 e. The predicted octanol–water partition coefficient (Wildman–Crippen LogP) is 2.15. The second-order valence-corrected chi connectivity index (χ2v) is 11.1. The Bertz CT molecular complexity index is 1190. The summed E-state index contributed by atoms with van der Waals surface area (Å²) >= 11 is 0. The number of ether oxygens (including phenoxy) is 2. The van der Waals surface area contributed by atoms with Crippen LogP contribution in [0.3, 0.4) is 0 Å². The maximum Gasteiger partial charge on any atom is 0.256 e. The van der Waals surface area contributed by atoms with Crippen LogP contribution in [0.2, 0.25) is 0 Å². The Balaban J connectivity index is 1.97. The minimum absolute atomic E-state index is 0.0131. The lowest BCUT2D eigenvalue weighted by Crippen LogP contribution is -2.40. The van der Waals surface area contributed by atoms with E-state index in [1.807, 2.05) is 0 Å². The third kappa shape index (κ3) is 5.12. The molecule has 174 valence electrons. The molecule has 1 N–H and O–H groups in total. The number of hydrogen-bond donors (Lipinski definition) is 1. The summed E-state index contributed by atoms with van der Waals surface area (Å²) in [6, 6.07) is 10.2. The first-order chi connectivity index (χ1) is 15.2. The molecule has 1 aliphatic rings. The van der Waals surface area contributed by atoms with Gasteiger partial charge < -0.3 is 14.8 Å². The summed E-state index contributed by atoms with van der Waals surface area (Å²) in [6.07, 6.45) is 0. The molecule has 0 radical (unpaired) electrons. The standard InChI is InChI=1S/C21H26N2O7S2/c1-3-30-18-10-9-16(15-20(18)32(27,28)23-11-13-29-14-12-23)22-21(24)17-7-5-6-8-19(17)31(25,26)4-2/h5-10,15H,3-4,11-14H2,1-2H3,(H,22,24). The number of anilines is 1. The minimum Gasteiger partial charge on any atom is -0.492 e. The first-order valence-electron chi connectivity index (χ1n) is 10.2. The van der Waals surface area contributed by atoms with Crippen molar-refractivity contribution in [2.24, 2.45) is 0 Å². The molecular weight excluding hydrogens is 456 g/mol. The number of nitrogens with one attached hydrogen (secondary N) is 1. The molecule has 0 saturated carbocycles. The number of morpholine rings is 1. The number of carbonyl (C=O) groups excluding carboxylic acids is 1. The summed E-state index contributed by atoms with van der Waals surface area (Å²) in [4.78, 5) is 12.7. The van der Waals surface area contributed by atoms with E-state index in [2.05, 4.69) is 5.32 Å². The predicted molar refractivity (Wildman–Crippen MR) is 119 cm³/mol. The van der Waals surface area contributed by atoms with Crippen molar-refractivity contribution in [1.29, 1.82) is 0 Å². The molecule has 0 aromatic heterocycles. The summed E-state index contributed by atoms with van der Waals surface area (Å²) in [5, 5.41) is 2.61. The van der Waals surface area contributed by atoms with Crippen LogP contribution < -0.4 is 10.1 Å². The van der Waals surface area contributed by atoms with Crippen LogP contribution in [-0.2, 0) is 24.6 Å². The van der Waals surface area contributed by atoms with Crippen LogP contribution in [0.5, 0.6) is 5.75 Å². The van der Waals surface area contributed by atoms with Crippen molar-refractivity contribution in [2.75, 3.05) is 44.0 Å². The highest BCUT2D eigenvalue weighted by molar-refractivity contribution is 7.91. The molecule has 2 aromatic rings. The second-order valence-electron chi connectivity index (χ2n) is 6.96. The molecule has 1 saturated heterocycles.